The van der Waals surface area contributed by atoms with Crippen molar-refractivity contribution in [3.05, 3.63) is 53.2 Å². The molecule has 1 aromatic carbocycles. The summed E-state index contributed by atoms with van der Waals surface area (Å²) >= 11 is 0. The average Bonchev–Trinajstić information content (AvgIpc) is 3.37. The number of hydrogen-bond donors (Lipinski definition) is 3. The first-order valence-electron chi connectivity index (χ1n) is 9.60. The fourth-order valence-corrected chi connectivity index (χ4v) is 4.02. The van der Waals surface area contributed by atoms with Crippen LogP contribution in [0.1, 0.15) is 50.4 Å². The van der Waals surface area contributed by atoms with E-state index in [0.717, 1.165) is 64.4 Å². The van der Waals surface area contributed by atoms with E-state index in [1.54, 1.807) is 18.4 Å². The van der Waals surface area contributed by atoms with Gasteiger partial charge in [-0.25, -0.2) is 0 Å². The number of hydrogen-bond acceptors (Lipinski definition) is 4. The van der Waals surface area contributed by atoms with Crippen molar-refractivity contribution >= 4 is 5.84 Å². The molecule has 4 rings (SSSR count). The van der Waals surface area contributed by atoms with Crippen molar-refractivity contribution in [3.8, 4) is 28.0 Å². The Hall–Kier alpha value is -3.15. The lowest BCUT2D eigenvalue weighted by molar-refractivity contribution is 0.318. The molecular weight excluding hydrogens is 366 g/mol. The molecule has 0 saturated carbocycles. The van der Waals surface area contributed by atoms with Crippen molar-refractivity contribution in [2.45, 2.75) is 54.5 Å². The highest BCUT2D eigenvalue weighted by molar-refractivity contribution is 6.07. The Labute approximate surface area is 172 Å². The van der Waals surface area contributed by atoms with Gasteiger partial charge in [0, 0.05) is 28.9 Å². The van der Waals surface area contributed by atoms with Gasteiger partial charge in [0.2, 0.25) is 0 Å². The third-order valence-corrected chi connectivity index (χ3v) is 5.08. The maximum Gasteiger partial charge on any atom is 0.187 e. The molecule has 6 nitrogen and oxygen atoms in total. The van der Waals surface area contributed by atoms with E-state index in [9.17, 15) is 10.3 Å². The van der Waals surface area contributed by atoms with Gasteiger partial charge in [-0.1, -0.05) is 38.6 Å². The smallest absolute Gasteiger partial charge is 0.187 e. The van der Waals surface area contributed by atoms with Crippen molar-refractivity contribution in [1.82, 2.24) is 4.57 Å². The second-order valence-electron chi connectivity index (χ2n) is 6.68. The number of nitrogens with two attached hydrogens (primary N) is 1. The Balaban J connectivity index is 0.000000970. The van der Waals surface area contributed by atoms with Crippen LogP contribution in [0, 0.1) is 13.8 Å². The van der Waals surface area contributed by atoms with Gasteiger partial charge in [0.05, 0.1) is 12.0 Å². The number of phenolic OH excluding ortho intramolecular Hbond substituents is 1. The minimum Gasteiger partial charge on any atom is -0.508 e. The number of fused-ring (bicyclic) bond motifs is 1. The summed E-state index contributed by atoms with van der Waals surface area (Å²) in [5.41, 5.74) is 12.9. The molecule has 1 aliphatic rings. The van der Waals surface area contributed by atoms with Crippen LogP contribution in [0.3, 0.4) is 0 Å². The van der Waals surface area contributed by atoms with E-state index in [0.29, 0.717) is 0 Å². The molecule has 0 radical (unpaired) electrons. The number of nitrogens with zero attached hydrogens (tertiary/aromatic N) is 2. The third kappa shape index (κ3) is 3.62. The molecule has 2 aromatic heterocycles. The molecule has 4 N–H and O–H groups in total. The van der Waals surface area contributed by atoms with Crippen LogP contribution in [0.25, 0.3) is 22.3 Å². The fraction of sp³-hybridized carbons (Fsp3) is 0.348. The number of aromatic hydroxyl groups is 1. The number of oxime groups is 1. The van der Waals surface area contributed by atoms with Gasteiger partial charge in [-0.05, 0) is 49.9 Å². The first-order chi connectivity index (χ1) is 13.5. The number of furan rings is 1. The Bertz CT molecular complexity index is 992. The number of benzene rings is 1. The van der Waals surface area contributed by atoms with E-state index in [1.165, 1.54) is 0 Å². The quantitative estimate of drug-likeness (QED) is 0.237. The molecule has 6 heteroatoms. The zero-order chi connectivity index (χ0) is 20.4. The number of phenols is 1. The maximum atomic E-state index is 9.68. The van der Waals surface area contributed by atoms with Crippen LogP contribution in [0.4, 0.5) is 0 Å². The number of aromatic nitrogens is 1. The van der Waals surface area contributed by atoms with E-state index >= 15 is 0 Å². The fourth-order valence-electron chi connectivity index (χ4n) is 4.02. The molecule has 156 valence electrons. The lowest BCUT2D eigenvalue weighted by atomic mass is 9.92. The topological polar surface area (TPSA) is 96.9 Å². The highest BCUT2D eigenvalue weighted by atomic mass is 16.4. The number of amidine groups is 1. The van der Waals surface area contributed by atoms with Gasteiger partial charge in [-0.3, -0.25) is 0 Å². The van der Waals surface area contributed by atoms with Crippen molar-refractivity contribution in [3.63, 3.8) is 0 Å². The second-order valence-corrected chi connectivity index (χ2v) is 6.68. The molecule has 0 amide bonds. The van der Waals surface area contributed by atoms with Crippen molar-refractivity contribution in [1.29, 1.82) is 0 Å². The first kappa shape index (κ1) is 22.1. The average molecular weight is 398 g/mol. The van der Waals surface area contributed by atoms with Gasteiger partial charge in [-0.15, -0.1) is 0 Å². The summed E-state index contributed by atoms with van der Waals surface area (Å²) in [4.78, 5) is 0. The molecule has 0 aliphatic carbocycles. The van der Waals surface area contributed by atoms with Crippen molar-refractivity contribution < 1.29 is 14.7 Å². The predicted molar refractivity (Wildman–Crippen MR) is 118 cm³/mol. The molecule has 29 heavy (non-hydrogen) atoms. The van der Waals surface area contributed by atoms with E-state index in [-0.39, 0.29) is 19.0 Å². The molecule has 3 heterocycles. The Morgan fingerprint density at radius 1 is 1.10 bits per heavy atom. The van der Waals surface area contributed by atoms with E-state index in [4.69, 9.17) is 10.2 Å². The Morgan fingerprint density at radius 3 is 2.31 bits per heavy atom. The van der Waals surface area contributed by atoms with Crippen molar-refractivity contribution in [2.75, 3.05) is 0 Å². The largest absolute Gasteiger partial charge is 0.508 e. The summed E-state index contributed by atoms with van der Waals surface area (Å²) in [7, 11) is 0. The molecule has 0 bridgehead atoms. The van der Waals surface area contributed by atoms with Gasteiger partial charge in [0.1, 0.15) is 11.5 Å². The van der Waals surface area contributed by atoms with Crippen LogP contribution in [0.2, 0.25) is 0 Å². The Morgan fingerprint density at radius 2 is 1.76 bits per heavy atom. The summed E-state index contributed by atoms with van der Waals surface area (Å²) in [6, 6.07) is 7.15. The van der Waals surface area contributed by atoms with Gasteiger partial charge in [-0.2, -0.15) is 0 Å². The predicted octanol–water partition coefficient (Wildman–Crippen LogP) is 5.44. The summed E-state index contributed by atoms with van der Waals surface area (Å²) in [5.74, 6) is 1.10. The Kier molecular flexibility index (Phi) is 6.80. The van der Waals surface area contributed by atoms with Gasteiger partial charge >= 0.3 is 0 Å². The van der Waals surface area contributed by atoms with Crippen LogP contribution >= 0.6 is 0 Å². The summed E-state index contributed by atoms with van der Waals surface area (Å²) in [6.45, 7) is 8.73. The normalized spacial score (nSPS) is 12.8. The van der Waals surface area contributed by atoms with Crippen LogP contribution < -0.4 is 5.73 Å². The highest BCUT2D eigenvalue weighted by Crippen LogP contribution is 2.45. The second kappa shape index (κ2) is 8.90. The summed E-state index contributed by atoms with van der Waals surface area (Å²) in [6.07, 6.45) is 3.65. The SMILES string of the molecule is C.CC.Cc1coc(C)c1-c1c(-c2ccc(O)cc2)c2n(c1/C(N)=N/O)CCC2. The van der Waals surface area contributed by atoms with Crippen molar-refractivity contribution in [2.24, 2.45) is 10.9 Å². The van der Waals surface area contributed by atoms with Crippen LogP contribution in [0.15, 0.2) is 40.1 Å². The van der Waals surface area contributed by atoms with E-state index in [2.05, 4.69) is 9.72 Å². The molecule has 1 aliphatic heterocycles. The summed E-state index contributed by atoms with van der Waals surface area (Å²) < 4.78 is 7.77. The lowest BCUT2D eigenvalue weighted by Crippen LogP contribution is -2.19. The van der Waals surface area contributed by atoms with E-state index in [1.807, 2.05) is 39.8 Å². The zero-order valence-electron chi connectivity index (χ0n) is 16.8. The van der Waals surface area contributed by atoms with Crippen LogP contribution in [-0.2, 0) is 13.0 Å². The van der Waals surface area contributed by atoms with Gasteiger partial charge in [0.25, 0.3) is 0 Å². The molecule has 0 atom stereocenters. The molecule has 0 fully saturated rings. The molecule has 3 aromatic rings. The minimum absolute atomic E-state index is 0. The van der Waals surface area contributed by atoms with Crippen LogP contribution in [0.5, 0.6) is 5.75 Å². The monoisotopic (exact) mass is 397 g/mol. The molecule has 0 spiro atoms. The van der Waals surface area contributed by atoms with Gasteiger partial charge in [0.15, 0.2) is 5.84 Å². The van der Waals surface area contributed by atoms with Crippen LogP contribution in [-0.4, -0.2) is 20.7 Å². The summed E-state index contributed by atoms with van der Waals surface area (Å²) in [5, 5.41) is 22.4. The minimum atomic E-state index is 0. The number of rotatable bonds is 3. The molecule has 0 saturated heterocycles. The molecular formula is C23H31N3O3. The number of aryl methyl sites for hydroxylation is 2. The zero-order valence-corrected chi connectivity index (χ0v) is 16.8. The highest BCUT2D eigenvalue weighted by Gasteiger charge is 2.31. The standard InChI is InChI=1S/C20H21N3O3.C2H6.CH4/c1-11-10-26-12(2)16(11)18-17(13-5-7-14(24)8-6-13)15-4-3-9-23(15)19(18)20(21)22-25;1-2;/h5-8,10,24-25H,3-4,9H2,1-2H3,(H2,21,22);1-2H3;1H4. The van der Waals surface area contributed by atoms with Gasteiger partial charge < -0.3 is 25.0 Å². The third-order valence-electron chi connectivity index (χ3n) is 5.08. The molecule has 0 unspecified atom stereocenters. The first-order valence-corrected chi connectivity index (χ1v) is 9.60. The maximum absolute atomic E-state index is 9.68. The van der Waals surface area contributed by atoms with E-state index < -0.39 is 0 Å². The lowest BCUT2D eigenvalue weighted by Gasteiger charge is -2.11.